The summed E-state index contributed by atoms with van der Waals surface area (Å²) in [6.45, 7) is 6.19. The number of benzene rings is 1. The van der Waals surface area contributed by atoms with E-state index in [-0.39, 0.29) is 24.4 Å². The van der Waals surface area contributed by atoms with Gasteiger partial charge in [0.05, 0.1) is 18.2 Å². The standard InChI is InChI=1S/C19H29F2N3O4/c1-4-15(18(26)23-9-11(2)3)22-10-17(25)16(24-19(27)28)7-12-5-13(20)8-14(21)6-12/h5-6,8,11,15-17,22,24-25H,4,7,9-10H2,1-3H3,(H,23,26)(H,27,28)/t15-,16-,17-/m0/s1. The van der Waals surface area contributed by atoms with Crippen LogP contribution in [0.2, 0.25) is 0 Å². The summed E-state index contributed by atoms with van der Waals surface area (Å²) in [5.74, 6) is -1.49. The monoisotopic (exact) mass is 401 g/mol. The molecule has 3 atom stereocenters. The summed E-state index contributed by atoms with van der Waals surface area (Å²) >= 11 is 0. The summed E-state index contributed by atoms with van der Waals surface area (Å²) in [5, 5.41) is 27.3. The first-order valence-electron chi connectivity index (χ1n) is 9.25. The fourth-order valence-electron chi connectivity index (χ4n) is 2.68. The average molecular weight is 401 g/mol. The Balaban J connectivity index is 2.73. The number of rotatable bonds is 11. The van der Waals surface area contributed by atoms with E-state index in [1.165, 1.54) is 0 Å². The highest BCUT2D eigenvalue weighted by molar-refractivity contribution is 5.81. The van der Waals surface area contributed by atoms with E-state index in [1.807, 2.05) is 20.8 Å². The highest BCUT2D eigenvalue weighted by Gasteiger charge is 2.24. The topological polar surface area (TPSA) is 111 Å². The molecule has 0 saturated carbocycles. The molecule has 9 heteroatoms. The first-order valence-corrected chi connectivity index (χ1v) is 9.25. The summed E-state index contributed by atoms with van der Waals surface area (Å²) in [7, 11) is 0. The molecular formula is C19H29F2N3O4. The van der Waals surface area contributed by atoms with Crippen LogP contribution in [0.1, 0.15) is 32.8 Å². The number of aliphatic hydroxyl groups excluding tert-OH is 1. The zero-order chi connectivity index (χ0) is 21.3. The lowest BCUT2D eigenvalue weighted by Gasteiger charge is -2.25. The lowest BCUT2D eigenvalue weighted by molar-refractivity contribution is -0.123. The van der Waals surface area contributed by atoms with E-state index in [2.05, 4.69) is 16.0 Å². The third-order valence-electron chi connectivity index (χ3n) is 4.13. The zero-order valence-electron chi connectivity index (χ0n) is 16.3. The van der Waals surface area contributed by atoms with Crippen molar-refractivity contribution in [2.75, 3.05) is 13.1 Å². The molecule has 158 valence electrons. The van der Waals surface area contributed by atoms with Crippen molar-refractivity contribution in [1.29, 1.82) is 0 Å². The number of amides is 2. The van der Waals surface area contributed by atoms with Crippen LogP contribution >= 0.6 is 0 Å². The van der Waals surface area contributed by atoms with Crippen molar-refractivity contribution in [3.8, 4) is 0 Å². The van der Waals surface area contributed by atoms with Gasteiger partial charge in [-0.3, -0.25) is 4.79 Å². The summed E-state index contributed by atoms with van der Waals surface area (Å²) < 4.78 is 26.7. The number of carbonyl (C=O) groups excluding carboxylic acids is 1. The number of carboxylic acid groups (broad SMARTS) is 1. The van der Waals surface area contributed by atoms with Crippen molar-refractivity contribution >= 4 is 12.0 Å². The Labute approximate surface area is 163 Å². The van der Waals surface area contributed by atoms with Crippen LogP contribution in [-0.4, -0.2) is 53.5 Å². The molecule has 0 unspecified atom stereocenters. The quantitative estimate of drug-likeness (QED) is 0.387. The van der Waals surface area contributed by atoms with Crippen molar-refractivity contribution in [1.82, 2.24) is 16.0 Å². The van der Waals surface area contributed by atoms with Gasteiger partial charge in [-0.2, -0.15) is 0 Å². The number of hydrogen-bond donors (Lipinski definition) is 5. The van der Waals surface area contributed by atoms with Crippen molar-refractivity contribution in [3.63, 3.8) is 0 Å². The van der Waals surface area contributed by atoms with Gasteiger partial charge in [0.1, 0.15) is 11.6 Å². The maximum atomic E-state index is 13.4. The first kappa shape index (κ1) is 23.8. The van der Waals surface area contributed by atoms with Gasteiger partial charge in [-0.25, -0.2) is 13.6 Å². The molecule has 0 saturated heterocycles. The van der Waals surface area contributed by atoms with Crippen LogP contribution in [0.4, 0.5) is 13.6 Å². The SMILES string of the molecule is CC[C@H](NC[C@H](O)[C@H](Cc1cc(F)cc(F)c1)NC(=O)O)C(=O)NCC(C)C. The number of halogens is 2. The zero-order valence-corrected chi connectivity index (χ0v) is 16.3. The average Bonchev–Trinajstić information content (AvgIpc) is 2.58. The number of hydrogen-bond acceptors (Lipinski definition) is 4. The van der Waals surface area contributed by atoms with E-state index in [0.717, 1.165) is 12.1 Å². The van der Waals surface area contributed by atoms with Gasteiger partial charge in [0.15, 0.2) is 0 Å². The second-order valence-corrected chi connectivity index (χ2v) is 7.11. The maximum absolute atomic E-state index is 13.4. The summed E-state index contributed by atoms with van der Waals surface area (Å²) in [5.41, 5.74) is 0.206. The molecule has 0 radical (unpaired) electrons. The second kappa shape index (κ2) is 11.6. The Morgan fingerprint density at radius 3 is 2.21 bits per heavy atom. The van der Waals surface area contributed by atoms with Crippen molar-refractivity contribution < 1.29 is 28.6 Å². The summed E-state index contributed by atoms with van der Waals surface area (Å²) in [4.78, 5) is 23.2. The largest absolute Gasteiger partial charge is 0.465 e. The Hall–Kier alpha value is -2.26. The molecule has 1 aromatic rings. The number of aliphatic hydroxyl groups is 1. The normalized spacial score (nSPS) is 14.4. The highest BCUT2D eigenvalue weighted by atomic mass is 19.1. The first-order chi connectivity index (χ1) is 13.1. The molecular weight excluding hydrogens is 372 g/mol. The van der Waals surface area contributed by atoms with Crippen LogP contribution in [0, 0.1) is 17.6 Å². The molecule has 0 aliphatic rings. The van der Waals surface area contributed by atoms with Crippen LogP contribution < -0.4 is 16.0 Å². The minimum Gasteiger partial charge on any atom is -0.465 e. The van der Waals surface area contributed by atoms with E-state index >= 15 is 0 Å². The molecule has 0 fully saturated rings. The van der Waals surface area contributed by atoms with E-state index in [0.29, 0.717) is 24.9 Å². The number of carbonyl (C=O) groups is 2. The lowest BCUT2D eigenvalue weighted by Crippen LogP contribution is -2.52. The van der Waals surface area contributed by atoms with Gasteiger partial charge < -0.3 is 26.2 Å². The minimum absolute atomic E-state index is 0.0731. The molecule has 0 heterocycles. The third-order valence-corrected chi connectivity index (χ3v) is 4.13. The predicted molar refractivity (Wildman–Crippen MR) is 101 cm³/mol. The van der Waals surface area contributed by atoms with Gasteiger partial charge in [0, 0.05) is 19.2 Å². The molecule has 0 aromatic heterocycles. The third kappa shape index (κ3) is 8.62. The fourth-order valence-corrected chi connectivity index (χ4v) is 2.68. The summed E-state index contributed by atoms with van der Waals surface area (Å²) in [6, 6.07) is 1.30. The molecule has 28 heavy (non-hydrogen) atoms. The molecule has 1 rings (SSSR count). The van der Waals surface area contributed by atoms with Crippen LogP contribution in [0.15, 0.2) is 18.2 Å². The van der Waals surface area contributed by atoms with Gasteiger partial charge in [-0.15, -0.1) is 0 Å². The van der Waals surface area contributed by atoms with E-state index < -0.39 is 35.9 Å². The van der Waals surface area contributed by atoms with Crippen molar-refractivity contribution in [2.24, 2.45) is 5.92 Å². The van der Waals surface area contributed by atoms with Gasteiger partial charge in [-0.05, 0) is 36.5 Å². The van der Waals surface area contributed by atoms with Crippen LogP contribution in [0.3, 0.4) is 0 Å². The molecule has 7 nitrogen and oxygen atoms in total. The molecule has 2 amide bonds. The Bertz CT molecular complexity index is 638. The van der Waals surface area contributed by atoms with Gasteiger partial charge in [0.25, 0.3) is 0 Å². The second-order valence-electron chi connectivity index (χ2n) is 7.11. The fraction of sp³-hybridized carbons (Fsp3) is 0.579. The van der Waals surface area contributed by atoms with Gasteiger partial charge in [-0.1, -0.05) is 20.8 Å². The van der Waals surface area contributed by atoms with Gasteiger partial charge >= 0.3 is 6.09 Å². The minimum atomic E-state index is -1.37. The van der Waals surface area contributed by atoms with E-state index in [9.17, 15) is 23.5 Å². The Morgan fingerprint density at radius 2 is 1.71 bits per heavy atom. The number of nitrogens with one attached hydrogen (secondary N) is 3. The molecule has 5 N–H and O–H groups in total. The molecule has 0 aliphatic heterocycles. The molecule has 1 aromatic carbocycles. The molecule has 0 bridgehead atoms. The Kier molecular flexibility index (Phi) is 9.81. The van der Waals surface area contributed by atoms with Gasteiger partial charge in [0.2, 0.25) is 5.91 Å². The van der Waals surface area contributed by atoms with E-state index in [4.69, 9.17) is 5.11 Å². The van der Waals surface area contributed by atoms with Crippen LogP contribution in [0.25, 0.3) is 0 Å². The molecule has 0 aliphatic carbocycles. The smallest absolute Gasteiger partial charge is 0.404 e. The maximum Gasteiger partial charge on any atom is 0.404 e. The van der Waals surface area contributed by atoms with Crippen molar-refractivity contribution in [2.45, 2.75) is 51.8 Å². The van der Waals surface area contributed by atoms with Crippen LogP contribution in [-0.2, 0) is 11.2 Å². The molecule has 0 spiro atoms. The Morgan fingerprint density at radius 1 is 1.11 bits per heavy atom. The van der Waals surface area contributed by atoms with Crippen molar-refractivity contribution in [3.05, 3.63) is 35.4 Å². The lowest BCUT2D eigenvalue weighted by atomic mass is 10.0. The van der Waals surface area contributed by atoms with Crippen LogP contribution in [0.5, 0.6) is 0 Å². The van der Waals surface area contributed by atoms with E-state index in [1.54, 1.807) is 0 Å². The predicted octanol–water partition coefficient (Wildman–Crippen LogP) is 1.64. The highest BCUT2D eigenvalue weighted by Crippen LogP contribution is 2.12. The summed E-state index contributed by atoms with van der Waals surface area (Å²) in [6.07, 6.45) is -2.22.